The molecule has 10 nitrogen and oxygen atoms in total. The molecule has 3 heterocycles. The lowest BCUT2D eigenvalue weighted by atomic mass is 10.0. The number of nitrogens with zero attached hydrogens (tertiary/aromatic N) is 5. The standard InChI is InChI=1S/C25H29ClF2N6O4/c1-3-29-25-30-18(13-21(26)31-25)22-17(14-34(32-22)24(27)28)12-16-6-4-5-7-20(16)38-11-9-33-8-10-37-15-19(33)23(35)36-2/h4-7,13-14,19,24H,3,8-12,15H2,1-2H3,(H,29,30,31)/t19-/m1/s1. The predicted octanol–water partition coefficient (Wildman–Crippen LogP) is 3.66. The number of morpholine rings is 1. The molecule has 1 atom stereocenters. The van der Waals surface area contributed by atoms with Gasteiger partial charge in [-0.2, -0.15) is 13.9 Å². The van der Waals surface area contributed by atoms with Crippen molar-refractivity contribution in [1.82, 2.24) is 24.6 Å². The van der Waals surface area contributed by atoms with Gasteiger partial charge in [-0.15, -0.1) is 0 Å². The molecule has 1 fully saturated rings. The average Bonchev–Trinajstić information content (AvgIpc) is 3.34. The summed E-state index contributed by atoms with van der Waals surface area (Å²) in [6, 6.07) is 8.37. The molecule has 0 radical (unpaired) electrons. The smallest absolute Gasteiger partial charge is 0.333 e. The monoisotopic (exact) mass is 550 g/mol. The Morgan fingerprint density at radius 2 is 2.11 bits per heavy atom. The number of anilines is 1. The summed E-state index contributed by atoms with van der Waals surface area (Å²) in [5.41, 5.74) is 1.91. The highest BCUT2D eigenvalue weighted by Crippen LogP contribution is 2.30. The third-order valence-corrected chi connectivity index (χ3v) is 6.18. The molecule has 0 unspecified atom stereocenters. The number of benzene rings is 1. The van der Waals surface area contributed by atoms with Gasteiger partial charge in [0.25, 0.3) is 0 Å². The Morgan fingerprint density at radius 1 is 1.29 bits per heavy atom. The van der Waals surface area contributed by atoms with Crippen LogP contribution in [0.15, 0.2) is 36.5 Å². The lowest BCUT2D eigenvalue weighted by molar-refractivity contribution is -0.153. The molecule has 1 N–H and O–H groups in total. The third-order valence-electron chi connectivity index (χ3n) is 5.98. The van der Waals surface area contributed by atoms with Gasteiger partial charge in [0.05, 0.1) is 26.0 Å². The van der Waals surface area contributed by atoms with E-state index in [1.54, 1.807) is 0 Å². The van der Waals surface area contributed by atoms with E-state index >= 15 is 0 Å². The number of methoxy groups -OCH3 is 1. The summed E-state index contributed by atoms with van der Waals surface area (Å²) < 4.78 is 44.2. The van der Waals surface area contributed by atoms with Crippen LogP contribution in [-0.4, -0.2) is 83.2 Å². The van der Waals surface area contributed by atoms with E-state index in [2.05, 4.69) is 20.4 Å². The minimum absolute atomic E-state index is 0.167. The SMILES string of the molecule is CCNc1nc(Cl)cc(-c2nn(C(F)F)cc2Cc2ccccc2OCCN2CCOC[C@@H]2C(=O)OC)n1. The van der Waals surface area contributed by atoms with E-state index in [1.807, 2.05) is 36.1 Å². The first-order valence-electron chi connectivity index (χ1n) is 12.1. The fraction of sp³-hybridized carbons (Fsp3) is 0.440. The molecule has 0 spiro atoms. The van der Waals surface area contributed by atoms with Crippen LogP contribution in [0.4, 0.5) is 14.7 Å². The van der Waals surface area contributed by atoms with Crippen LogP contribution >= 0.6 is 11.6 Å². The van der Waals surface area contributed by atoms with Crippen molar-refractivity contribution in [1.29, 1.82) is 0 Å². The van der Waals surface area contributed by atoms with Gasteiger partial charge in [-0.1, -0.05) is 29.8 Å². The minimum Gasteiger partial charge on any atom is -0.492 e. The molecular weight excluding hydrogens is 522 g/mol. The maximum absolute atomic E-state index is 13.6. The molecule has 0 aliphatic carbocycles. The minimum atomic E-state index is -2.82. The number of halogens is 3. The number of para-hydroxylation sites is 1. The molecule has 204 valence electrons. The van der Waals surface area contributed by atoms with Crippen LogP contribution in [0.1, 0.15) is 24.6 Å². The van der Waals surface area contributed by atoms with Gasteiger partial charge < -0.3 is 19.5 Å². The number of ether oxygens (including phenoxy) is 3. The summed E-state index contributed by atoms with van der Waals surface area (Å²) in [6.07, 6.45) is 1.56. The number of nitrogens with one attached hydrogen (secondary N) is 1. The lowest BCUT2D eigenvalue weighted by Gasteiger charge is -2.33. The molecule has 1 aliphatic rings. The van der Waals surface area contributed by atoms with Gasteiger partial charge in [-0.3, -0.25) is 9.69 Å². The molecule has 1 aliphatic heterocycles. The van der Waals surface area contributed by atoms with Crippen molar-refractivity contribution in [3.63, 3.8) is 0 Å². The Bertz CT molecular complexity index is 1240. The van der Waals surface area contributed by atoms with Crippen molar-refractivity contribution in [2.75, 3.05) is 51.9 Å². The van der Waals surface area contributed by atoms with Gasteiger partial charge in [0, 0.05) is 43.9 Å². The summed E-state index contributed by atoms with van der Waals surface area (Å²) in [6.45, 7) is 1.78. The Hall–Kier alpha value is -3.35. The average molecular weight is 551 g/mol. The number of carbonyl (C=O) groups excluding carboxylic acids is 1. The topological polar surface area (TPSA) is 104 Å². The number of esters is 1. The third kappa shape index (κ3) is 6.74. The number of aromatic nitrogens is 4. The Kier molecular flexibility index (Phi) is 9.43. The highest BCUT2D eigenvalue weighted by Gasteiger charge is 2.30. The first kappa shape index (κ1) is 27.7. The summed E-state index contributed by atoms with van der Waals surface area (Å²) in [7, 11) is 1.35. The van der Waals surface area contributed by atoms with Gasteiger partial charge >= 0.3 is 12.5 Å². The quantitative estimate of drug-likeness (QED) is 0.283. The Morgan fingerprint density at radius 3 is 2.87 bits per heavy atom. The van der Waals surface area contributed by atoms with Crippen LogP contribution < -0.4 is 10.1 Å². The summed E-state index contributed by atoms with van der Waals surface area (Å²) in [5.74, 6) is 0.528. The second-order valence-electron chi connectivity index (χ2n) is 8.47. The number of hydrogen-bond donors (Lipinski definition) is 1. The van der Waals surface area contributed by atoms with Crippen LogP contribution in [-0.2, 0) is 20.7 Å². The molecular formula is C25H29ClF2N6O4. The summed E-state index contributed by atoms with van der Waals surface area (Å²) in [5, 5.41) is 7.24. The van der Waals surface area contributed by atoms with E-state index in [0.717, 1.165) is 5.56 Å². The molecule has 1 saturated heterocycles. The van der Waals surface area contributed by atoms with Gasteiger partial charge in [0.15, 0.2) is 0 Å². The van der Waals surface area contributed by atoms with Gasteiger partial charge in [0.1, 0.15) is 29.2 Å². The van der Waals surface area contributed by atoms with Crippen molar-refractivity contribution in [2.24, 2.45) is 0 Å². The summed E-state index contributed by atoms with van der Waals surface area (Å²) in [4.78, 5) is 22.6. The van der Waals surface area contributed by atoms with Gasteiger partial charge in [0.2, 0.25) is 5.95 Å². The zero-order valence-corrected chi connectivity index (χ0v) is 21.8. The molecule has 1 aromatic carbocycles. The van der Waals surface area contributed by atoms with Crippen molar-refractivity contribution in [2.45, 2.75) is 25.9 Å². The van der Waals surface area contributed by atoms with Crippen molar-refractivity contribution >= 4 is 23.5 Å². The van der Waals surface area contributed by atoms with E-state index in [-0.39, 0.29) is 35.8 Å². The second kappa shape index (κ2) is 12.9. The molecule has 13 heteroatoms. The van der Waals surface area contributed by atoms with Gasteiger partial charge in [-0.05, 0) is 18.6 Å². The van der Waals surface area contributed by atoms with Crippen LogP contribution in [0.2, 0.25) is 5.15 Å². The van der Waals surface area contributed by atoms with Crippen LogP contribution in [0.3, 0.4) is 0 Å². The van der Waals surface area contributed by atoms with Crippen molar-refractivity contribution in [3.8, 4) is 17.1 Å². The van der Waals surface area contributed by atoms with Crippen molar-refractivity contribution in [3.05, 3.63) is 52.8 Å². The maximum Gasteiger partial charge on any atom is 0.333 e. The first-order valence-corrected chi connectivity index (χ1v) is 12.5. The van der Waals surface area contributed by atoms with E-state index in [4.69, 9.17) is 25.8 Å². The molecule has 0 bridgehead atoms. The molecule has 2 aromatic heterocycles. The Balaban J connectivity index is 1.54. The molecule has 4 rings (SSSR count). The van der Waals surface area contributed by atoms with Crippen molar-refractivity contribution < 1.29 is 27.8 Å². The van der Waals surface area contributed by atoms with E-state index in [0.29, 0.717) is 54.5 Å². The summed E-state index contributed by atoms with van der Waals surface area (Å²) >= 11 is 6.17. The number of hydrogen-bond acceptors (Lipinski definition) is 9. The lowest BCUT2D eigenvalue weighted by Crippen LogP contribution is -2.51. The van der Waals surface area contributed by atoms with E-state index in [1.165, 1.54) is 19.4 Å². The van der Waals surface area contributed by atoms with Crippen LogP contribution in [0.5, 0.6) is 5.75 Å². The molecule has 0 amide bonds. The second-order valence-corrected chi connectivity index (χ2v) is 8.86. The zero-order chi connectivity index (χ0) is 27.1. The highest BCUT2D eigenvalue weighted by atomic mass is 35.5. The molecule has 38 heavy (non-hydrogen) atoms. The zero-order valence-electron chi connectivity index (χ0n) is 21.1. The van der Waals surface area contributed by atoms with Crippen LogP contribution in [0.25, 0.3) is 11.4 Å². The van der Waals surface area contributed by atoms with E-state index < -0.39 is 12.6 Å². The van der Waals surface area contributed by atoms with E-state index in [9.17, 15) is 13.6 Å². The van der Waals surface area contributed by atoms with Crippen LogP contribution in [0, 0.1) is 0 Å². The Labute approximate surface area is 223 Å². The fourth-order valence-corrected chi connectivity index (χ4v) is 4.36. The first-order chi connectivity index (χ1) is 18.4. The molecule has 3 aromatic rings. The fourth-order valence-electron chi connectivity index (χ4n) is 4.18. The number of rotatable bonds is 11. The molecule has 0 saturated carbocycles. The largest absolute Gasteiger partial charge is 0.492 e. The normalized spacial score (nSPS) is 16.0. The number of alkyl halides is 2. The number of carbonyl (C=O) groups is 1. The van der Waals surface area contributed by atoms with Gasteiger partial charge in [-0.25, -0.2) is 14.6 Å². The highest BCUT2D eigenvalue weighted by molar-refractivity contribution is 6.29. The maximum atomic E-state index is 13.6. The predicted molar refractivity (Wildman–Crippen MR) is 137 cm³/mol.